The zero-order valence-electron chi connectivity index (χ0n) is 13.0. The first-order valence-corrected chi connectivity index (χ1v) is 7.46. The number of rotatable bonds is 6. The number of nitriles is 1. The van der Waals surface area contributed by atoms with Crippen molar-refractivity contribution in [3.8, 4) is 11.8 Å². The lowest BCUT2D eigenvalue weighted by Crippen LogP contribution is -2.04. The summed E-state index contributed by atoms with van der Waals surface area (Å²) in [6.07, 6.45) is 1.48. The van der Waals surface area contributed by atoms with Crippen LogP contribution in [0.3, 0.4) is 0 Å². The van der Waals surface area contributed by atoms with Crippen LogP contribution < -0.4 is 4.74 Å². The van der Waals surface area contributed by atoms with Gasteiger partial charge >= 0.3 is 0 Å². The van der Waals surface area contributed by atoms with E-state index in [4.69, 9.17) is 4.74 Å². The summed E-state index contributed by atoms with van der Waals surface area (Å²) in [6.45, 7) is 4.63. The fraction of sp³-hybridized carbons (Fsp3) is 0.316. The van der Waals surface area contributed by atoms with Gasteiger partial charge in [-0.15, -0.1) is 0 Å². The van der Waals surface area contributed by atoms with Crippen LogP contribution in [-0.4, -0.2) is 6.61 Å². The zero-order valence-corrected chi connectivity index (χ0v) is 13.0. The highest BCUT2D eigenvalue weighted by Gasteiger charge is 2.11. The van der Waals surface area contributed by atoms with Crippen LogP contribution in [-0.2, 0) is 0 Å². The normalized spacial score (nSPS) is 11.7. The van der Waals surface area contributed by atoms with Gasteiger partial charge in [0.2, 0.25) is 0 Å². The second-order valence-corrected chi connectivity index (χ2v) is 5.44. The summed E-state index contributed by atoms with van der Waals surface area (Å²) in [6, 6.07) is 14.5. The molecule has 2 aromatic carbocycles. The summed E-state index contributed by atoms with van der Waals surface area (Å²) in [7, 11) is 0. The van der Waals surface area contributed by atoms with Gasteiger partial charge in [-0.2, -0.15) is 5.26 Å². The number of aryl methyl sites for hydroxylation is 2. The quantitative estimate of drug-likeness (QED) is 0.710. The molecule has 0 aromatic heterocycles. The molecular formula is C19H20FNO. The van der Waals surface area contributed by atoms with Crippen LogP contribution in [0, 0.1) is 31.0 Å². The molecule has 0 bridgehead atoms. The maximum absolute atomic E-state index is 12.9. The lowest BCUT2D eigenvalue weighted by molar-refractivity contribution is 0.301. The summed E-state index contributed by atoms with van der Waals surface area (Å²) >= 11 is 0. The second-order valence-electron chi connectivity index (χ2n) is 5.44. The molecular weight excluding hydrogens is 277 g/mol. The van der Waals surface area contributed by atoms with Crippen molar-refractivity contribution < 1.29 is 9.13 Å². The van der Waals surface area contributed by atoms with Crippen molar-refractivity contribution in [2.75, 3.05) is 6.61 Å². The third-order valence-corrected chi connectivity index (χ3v) is 3.72. The van der Waals surface area contributed by atoms with Crippen molar-refractivity contribution in [2.45, 2.75) is 32.6 Å². The summed E-state index contributed by atoms with van der Waals surface area (Å²) in [5.41, 5.74) is 3.10. The third kappa shape index (κ3) is 4.08. The largest absolute Gasteiger partial charge is 0.493 e. The molecule has 1 unspecified atom stereocenters. The van der Waals surface area contributed by atoms with E-state index in [0.29, 0.717) is 13.0 Å². The van der Waals surface area contributed by atoms with Gasteiger partial charge in [-0.05, 0) is 55.5 Å². The molecule has 22 heavy (non-hydrogen) atoms. The molecule has 2 nitrogen and oxygen atoms in total. The van der Waals surface area contributed by atoms with E-state index in [2.05, 4.69) is 6.07 Å². The number of ether oxygens (including phenoxy) is 1. The van der Waals surface area contributed by atoms with Gasteiger partial charge in [0.15, 0.2) is 0 Å². The Bertz CT molecular complexity index is 638. The maximum atomic E-state index is 12.9. The fourth-order valence-corrected chi connectivity index (χ4v) is 2.49. The number of hydrogen-bond acceptors (Lipinski definition) is 2. The lowest BCUT2D eigenvalue weighted by atomic mass is 9.96. The van der Waals surface area contributed by atoms with Crippen molar-refractivity contribution in [2.24, 2.45) is 0 Å². The molecule has 0 saturated heterocycles. The van der Waals surface area contributed by atoms with Gasteiger partial charge in [-0.25, -0.2) is 4.39 Å². The SMILES string of the molecule is Cc1cccc(C)c1OCCCC(C#N)c1ccc(F)cc1. The van der Waals surface area contributed by atoms with Crippen molar-refractivity contribution in [1.29, 1.82) is 5.26 Å². The highest BCUT2D eigenvalue weighted by atomic mass is 19.1. The molecule has 1 atom stereocenters. The van der Waals surface area contributed by atoms with Crippen molar-refractivity contribution in [1.82, 2.24) is 0 Å². The highest BCUT2D eigenvalue weighted by molar-refractivity contribution is 5.39. The number of benzene rings is 2. The number of para-hydroxylation sites is 1. The Hall–Kier alpha value is -2.34. The van der Waals surface area contributed by atoms with E-state index >= 15 is 0 Å². The molecule has 0 aliphatic carbocycles. The van der Waals surface area contributed by atoms with E-state index in [1.807, 2.05) is 32.0 Å². The van der Waals surface area contributed by atoms with Crippen LogP contribution in [0.25, 0.3) is 0 Å². The first-order chi connectivity index (χ1) is 10.6. The van der Waals surface area contributed by atoms with Crippen molar-refractivity contribution in [3.05, 3.63) is 65.0 Å². The molecule has 0 aliphatic heterocycles. The predicted octanol–water partition coefficient (Wildman–Crippen LogP) is 4.91. The average Bonchev–Trinajstić information content (AvgIpc) is 2.51. The van der Waals surface area contributed by atoms with Crippen LogP contribution in [0.15, 0.2) is 42.5 Å². The van der Waals surface area contributed by atoms with Crippen LogP contribution >= 0.6 is 0 Å². The maximum Gasteiger partial charge on any atom is 0.125 e. The summed E-state index contributed by atoms with van der Waals surface area (Å²) in [5, 5.41) is 9.27. The molecule has 114 valence electrons. The summed E-state index contributed by atoms with van der Waals surface area (Å²) in [5.74, 6) is 0.429. The Morgan fingerprint density at radius 1 is 1.09 bits per heavy atom. The van der Waals surface area contributed by atoms with Gasteiger partial charge in [-0.3, -0.25) is 0 Å². The lowest BCUT2D eigenvalue weighted by Gasteiger charge is -2.13. The van der Waals surface area contributed by atoms with E-state index in [9.17, 15) is 9.65 Å². The number of nitrogens with zero attached hydrogens (tertiary/aromatic N) is 1. The Morgan fingerprint density at radius 3 is 2.32 bits per heavy atom. The van der Waals surface area contributed by atoms with Gasteiger partial charge < -0.3 is 4.74 Å². The van der Waals surface area contributed by atoms with E-state index in [-0.39, 0.29) is 11.7 Å². The molecule has 0 radical (unpaired) electrons. The molecule has 3 heteroatoms. The van der Waals surface area contributed by atoms with Gasteiger partial charge in [-0.1, -0.05) is 30.3 Å². The number of halogens is 1. The minimum absolute atomic E-state index is 0.220. The molecule has 0 spiro atoms. The van der Waals surface area contributed by atoms with Gasteiger partial charge in [0.05, 0.1) is 18.6 Å². The smallest absolute Gasteiger partial charge is 0.125 e. The fourth-order valence-electron chi connectivity index (χ4n) is 2.49. The van der Waals surface area contributed by atoms with E-state index in [1.165, 1.54) is 12.1 Å². The second kappa shape index (κ2) is 7.61. The number of hydrogen-bond donors (Lipinski definition) is 0. The van der Waals surface area contributed by atoms with Crippen molar-refractivity contribution in [3.63, 3.8) is 0 Å². The van der Waals surface area contributed by atoms with Crippen LogP contribution in [0.2, 0.25) is 0 Å². The Kier molecular flexibility index (Phi) is 5.55. The molecule has 0 fully saturated rings. The molecule has 2 rings (SSSR count). The highest BCUT2D eigenvalue weighted by Crippen LogP contribution is 2.24. The summed E-state index contributed by atoms with van der Waals surface area (Å²) < 4.78 is 18.8. The first kappa shape index (κ1) is 16.0. The van der Waals surface area contributed by atoms with Crippen LogP contribution in [0.1, 0.15) is 35.4 Å². The molecule has 0 amide bonds. The molecule has 0 saturated carbocycles. The minimum Gasteiger partial charge on any atom is -0.493 e. The Morgan fingerprint density at radius 2 is 1.73 bits per heavy atom. The van der Waals surface area contributed by atoms with Gasteiger partial charge in [0, 0.05) is 0 Å². The minimum atomic E-state index is -0.279. The average molecular weight is 297 g/mol. The summed E-state index contributed by atoms with van der Waals surface area (Å²) in [4.78, 5) is 0. The van der Waals surface area contributed by atoms with E-state index < -0.39 is 0 Å². The van der Waals surface area contributed by atoms with Crippen LogP contribution in [0.4, 0.5) is 4.39 Å². The molecule has 0 aliphatic rings. The Labute approximate surface area is 131 Å². The van der Waals surface area contributed by atoms with Crippen molar-refractivity contribution >= 4 is 0 Å². The topological polar surface area (TPSA) is 33.0 Å². The third-order valence-electron chi connectivity index (χ3n) is 3.72. The Balaban J connectivity index is 1.87. The zero-order chi connectivity index (χ0) is 15.9. The van der Waals surface area contributed by atoms with E-state index in [0.717, 1.165) is 28.9 Å². The van der Waals surface area contributed by atoms with E-state index in [1.54, 1.807) is 12.1 Å². The monoisotopic (exact) mass is 297 g/mol. The molecule has 0 heterocycles. The van der Waals surface area contributed by atoms with Gasteiger partial charge in [0.1, 0.15) is 11.6 Å². The first-order valence-electron chi connectivity index (χ1n) is 7.46. The van der Waals surface area contributed by atoms with Gasteiger partial charge in [0.25, 0.3) is 0 Å². The standard InChI is InChI=1S/C19H20FNO/c1-14-5-3-6-15(2)19(14)22-12-4-7-17(13-21)16-8-10-18(20)11-9-16/h3,5-6,8-11,17H,4,7,12H2,1-2H3. The molecule has 2 aromatic rings. The van der Waals surface area contributed by atoms with Crippen LogP contribution in [0.5, 0.6) is 5.75 Å². The molecule has 0 N–H and O–H groups in total. The predicted molar refractivity (Wildman–Crippen MR) is 85.4 cm³/mol.